The maximum absolute atomic E-state index is 12.0. The van der Waals surface area contributed by atoms with Gasteiger partial charge in [0.25, 0.3) is 5.91 Å². The van der Waals surface area contributed by atoms with Gasteiger partial charge in [0, 0.05) is 16.9 Å². The molecule has 1 atom stereocenters. The van der Waals surface area contributed by atoms with Crippen molar-refractivity contribution in [3.05, 3.63) is 36.0 Å². The predicted octanol–water partition coefficient (Wildman–Crippen LogP) is 1.99. The molecule has 5 nitrogen and oxygen atoms in total. The highest BCUT2D eigenvalue weighted by Crippen LogP contribution is 2.19. The molecular weight excluding hydrogens is 256 g/mol. The van der Waals surface area contributed by atoms with Gasteiger partial charge in [-0.1, -0.05) is 18.2 Å². The molecule has 2 N–H and O–H groups in total. The number of para-hydroxylation sites is 1. The summed E-state index contributed by atoms with van der Waals surface area (Å²) >= 11 is 0. The summed E-state index contributed by atoms with van der Waals surface area (Å²) < 4.78 is 5.17. The van der Waals surface area contributed by atoms with E-state index in [-0.39, 0.29) is 11.9 Å². The number of H-pyrrole nitrogens is 1. The number of esters is 1. The third-order valence-electron chi connectivity index (χ3n) is 3.33. The quantitative estimate of drug-likeness (QED) is 0.836. The third-order valence-corrected chi connectivity index (χ3v) is 3.33. The minimum absolute atomic E-state index is 0.239. The number of fused-ring (bicyclic) bond motifs is 1. The second-order valence-corrected chi connectivity index (χ2v) is 5.10. The number of aromatic nitrogens is 1. The Morgan fingerprint density at radius 1 is 1.35 bits per heavy atom. The van der Waals surface area contributed by atoms with Gasteiger partial charge in [0.2, 0.25) is 0 Å². The summed E-state index contributed by atoms with van der Waals surface area (Å²) in [5.41, 5.74) is 1.23. The van der Waals surface area contributed by atoms with Crippen LogP contribution in [0.4, 0.5) is 0 Å². The van der Waals surface area contributed by atoms with Crippen LogP contribution in [-0.4, -0.2) is 29.0 Å². The van der Waals surface area contributed by atoms with Crippen LogP contribution >= 0.6 is 0 Å². The number of hydrogen-bond donors (Lipinski definition) is 2. The summed E-state index contributed by atoms with van der Waals surface area (Å²) in [6.07, 6.45) is 1.23. The number of nitrogens with one attached hydrogen (secondary N) is 2. The number of carbonyl (C=O) groups is 2. The second-order valence-electron chi connectivity index (χ2n) is 5.10. The van der Waals surface area contributed by atoms with Crippen LogP contribution in [0.1, 0.15) is 30.3 Å². The van der Waals surface area contributed by atoms with Gasteiger partial charge in [0.05, 0.1) is 0 Å². The van der Waals surface area contributed by atoms with Crippen LogP contribution in [0.15, 0.2) is 30.3 Å². The van der Waals surface area contributed by atoms with E-state index in [4.69, 9.17) is 4.74 Å². The smallest absolute Gasteiger partial charge is 0.355 e. The van der Waals surface area contributed by atoms with E-state index in [1.54, 1.807) is 13.0 Å². The van der Waals surface area contributed by atoms with Crippen molar-refractivity contribution in [2.45, 2.75) is 31.9 Å². The van der Waals surface area contributed by atoms with E-state index in [0.29, 0.717) is 5.69 Å². The lowest BCUT2D eigenvalue weighted by Gasteiger charge is -2.12. The van der Waals surface area contributed by atoms with Gasteiger partial charge in [-0.05, 0) is 31.9 Å². The van der Waals surface area contributed by atoms with Crippen LogP contribution < -0.4 is 5.32 Å². The standard InChI is InChI=1S/C15H16N2O3/c1-9(14(18)16-11-6-7-11)20-15(19)13-8-10-4-2-3-5-12(10)17-13/h2-5,8-9,11,17H,6-7H2,1H3,(H,16,18). The molecule has 0 aliphatic heterocycles. The van der Waals surface area contributed by atoms with Crippen molar-refractivity contribution in [1.82, 2.24) is 10.3 Å². The van der Waals surface area contributed by atoms with Gasteiger partial charge in [0.15, 0.2) is 6.10 Å². The number of benzene rings is 1. The fourth-order valence-corrected chi connectivity index (χ4v) is 2.01. The summed E-state index contributed by atoms with van der Waals surface area (Å²) in [6.45, 7) is 1.58. The largest absolute Gasteiger partial charge is 0.448 e. The molecule has 1 unspecified atom stereocenters. The Morgan fingerprint density at radius 3 is 2.80 bits per heavy atom. The first kappa shape index (κ1) is 12.7. The molecular formula is C15H16N2O3. The van der Waals surface area contributed by atoms with Crippen molar-refractivity contribution < 1.29 is 14.3 Å². The number of amides is 1. The van der Waals surface area contributed by atoms with E-state index < -0.39 is 12.1 Å². The summed E-state index contributed by atoms with van der Waals surface area (Å²) in [7, 11) is 0. The molecule has 0 saturated heterocycles. The van der Waals surface area contributed by atoms with Gasteiger partial charge < -0.3 is 15.0 Å². The zero-order valence-electron chi connectivity index (χ0n) is 11.2. The molecule has 1 aliphatic carbocycles. The van der Waals surface area contributed by atoms with Gasteiger partial charge >= 0.3 is 5.97 Å². The molecule has 5 heteroatoms. The van der Waals surface area contributed by atoms with Gasteiger partial charge in [-0.2, -0.15) is 0 Å². The molecule has 0 bridgehead atoms. The van der Waals surface area contributed by atoms with Crippen LogP contribution in [0, 0.1) is 0 Å². The van der Waals surface area contributed by atoms with Gasteiger partial charge in [0.1, 0.15) is 5.69 Å². The van der Waals surface area contributed by atoms with E-state index in [1.165, 1.54) is 0 Å². The molecule has 1 heterocycles. The summed E-state index contributed by atoms with van der Waals surface area (Å²) in [5, 5.41) is 3.75. The highest BCUT2D eigenvalue weighted by molar-refractivity contribution is 5.96. The number of hydrogen-bond acceptors (Lipinski definition) is 3. The highest BCUT2D eigenvalue weighted by Gasteiger charge is 2.27. The fourth-order valence-electron chi connectivity index (χ4n) is 2.01. The molecule has 1 fully saturated rings. The lowest BCUT2D eigenvalue weighted by Crippen LogP contribution is -2.37. The Labute approximate surface area is 116 Å². The lowest BCUT2D eigenvalue weighted by atomic mass is 10.2. The number of carbonyl (C=O) groups excluding carboxylic acids is 2. The normalized spacial score (nSPS) is 15.8. The Kier molecular flexibility index (Phi) is 3.18. The van der Waals surface area contributed by atoms with E-state index in [1.807, 2.05) is 24.3 Å². The first-order chi connectivity index (χ1) is 9.63. The topological polar surface area (TPSA) is 71.2 Å². The van der Waals surface area contributed by atoms with Crippen molar-refractivity contribution in [3.8, 4) is 0 Å². The molecule has 104 valence electrons. The van der Waals surface area contributed by atoms with Crippen LogP contribution in [0.5, 0.6) is 0 Å². The molecule has 2 aromatic rings. The van der Waals surface area contributed by atoms with E-state index in [2.05, 4.69) is 10.3 Å². The SMILES string of the molecule is CC(OC(=O)c1cc2ccccc2[nH]1)C(=O)NC1CC1. The Bertz CT molecular complexity index is 625. The molecule has 3 rings (SSSR count). The maximum atomic E-state index is 12.0. The second kappa shape index (κ2) is 5.00. The Morgan fingerprint density at radius 2 is 2.10 bits per heavy atom. The van der Waals surface area contributed by atoms with Crippen LogP contribution in [-0.2, 0) is 9.53 Å². The molecule has 1 aliphatic rings. The Hall–Kier alpha value is -2.30. The maximum Gasteiger partial charge on any atom is 0.355 e. The minimum atomic E-state index is -0.783. The van der Waals surface area contributed by atoms with Gasteiger partial charge in [-0.15, -0.1) is 0 Å². The molecule has 1 aromatic heterocycles. The summed E-state index contributed by atoms with van der Waals surface area (Å²) in [6, 6.07) is 9.57. The minimum Gasteiger partial charge on any atom is -0.448 e. The van der Waals surface area contributed by atoms with E-state index in [9.17, 15) is 9.59 Å². The predicted molar refractivity (Wildman–Crippen MR) is 74.3 cm³/mol. The first-order valence-corrected chi connectivity index (χ1v) is 6.72. The van der Waals surface area contributed by atoms with Crippen molar-refractivity contribution in [2.24, 2.45) is 0 Å². The van der Waals surface area contributed by atoms with E-state index in [0.717, 1.165) is 23.7 Å². The van der Waals surface area contributed by atoms with Crippen molar-refractivity contribution in [3.63, 3.8) is 0 Å². The fraction of sp³-hybridized carbons (Fsp3) is 0.333. The average Bonchev–Trinajstić information content (AvgIpc) is 3.13. The Balaban J connectivity index is 1.67. The van der Waals surface area contributed by atoms with Crippen LogP contribution in [0.3, 0.4) is 0 Å². The first-order valence-electron chi connectivity index (χ1n) is 6.72. The summed E-state index contributed by atoms with van der Waals surface area (Å²) in [4.78, 5) is 26.7. The number of aromatic amines is 1. The van der Waals surface area contributed by atoms with Crippen molar-refractivity contribution >= 4 is 22.8 Å². The van der Waals surface area contributed by atoms with E-state index >= 15 is 0 Å². The van der Waals surface area contributed by atoms with Gasteiger partial charge in [-0.25, -0.2) is 4.79 Å². The average molecular weight is 272 g/mol. The van der Waals surface area contributed by atoms with Crippen molar-refractivity contribution in [2.75, 3.05) is 0 Å². The summed E-state index contributed by atoms with van der Waals surface area (Å²) in [5.74, 6) is -0.753. The lowest BCUT2D eigenvalue weighted by molar-refractivity contribution is -0.129. The zero-order valence-corrected chi connectivity index (χ0v) is 11.2. The molecule has 1 aromatic carbocycles. The molecule has 0 spiro atoms. The van der Waals surface area contributed by atoms with Crippen molar-refractivity contribution in [1.29, 1.82) is 0 Å². The molecule has 1 saturated carbocycles. The third kappa shape index (κ3) is 2.66. The van der Waals surface area contributed by atoms with Gasteiger partial charge in [-0.3, -0.25) is 4.79 Å². The number of ether oxygens (including phenoxy) is 1. The van der Waals surface area contributed by atoms with Crippen LogP contribution in [0.25, 0.3) is 10.9 Å². The zero-order chi connectivity index (χ0) is 14.1. The molecule has 0 radical (unpaired) electrons. The molecule has 1 amide bonds. The monoisotopic (exact) mass is 272 g/mol. The van der Waals surface area contributed by atoms with Crippen LogP contribution in [0.2, 0.25) is 0 Å². The number of rotatable bonds is 4. The highest BCUT2D eigenvalue weighted by atomic mass is 16.5. The molecule has 20 heavy (non-hydrogen) atoms.